The van der Waals surface area contributed by atoms with Crippen molar-refractivity contribution in [2.75, 3.05) is 13.7 Å². The van der Waals surface area contributed by atoms with Crippen molar-refractivity contribution in [1.82, 2.24) is 4.57 Å². The maximum Gasteiger partial charge on any atom is 0.190 e. The summed E-state index contributed by atoms with van der Waals surface area (Å²) in [6.45, 7) is 3.49. The van der Waals surface area contributed by atoms with Gasteiger partial charge in [-0.3, -0.25) is 0 Å². The summed E-state index contributed by atoms with van der Waals surface area (Å²) in [7, 11) is 1.70. The van der Waals surface area contributed by atoms with Gasteiger partial charge in [0.2, 0.25) is 0 Å². The maximum atomic E-state index is 5.55. The molecule has 1 aromatic heterocycles. The van der Waals surface area contributed by atoms with Gasteiger partial charge in [-0.1, -0.05) is 42.5 Å². The monoisotopic (exact) mass is 430 g/mol. The van der Waals surface area contributed by atoms with Crippen LogP contribution in [0.1, 0.15) is 12.5 Å². The molecule has 0 fully saturated rings. The summed E-state index contributed by atoms with van der Waals surface area (Å²) >= 11 is 1.65. The second kappa shape index (κ2) is 10.1. The Morgan fingerprint density at radius 3 is 2.45 bits per heavy atom. The zero-order chi connectivity index (χ0) is 21.5. The zero-order valence-corrected chi connectivity index (χ0v) is 18.6. The van der Waals surface area contributed by atoms with E-state index in [1.54, 1.807) is 18.4 Å². The number of hydrogen-bond donors (Lipinski definition) is 0. The Labute approximate surface area is 187 Å². The van der Waals surface area contributed by atoms with Crippen molar-refractivity contribution in [2.24, 2.45) is 4.99 Å². The van der Waals surface area contributed by atoms with E-state index in [-0.39, 0.29) is 0 Å². The van der Waals surface area contributed by atoms with E-state index in [0.717, 1.165) is 46.2 Å². The molecule has 0 aliphatic carbocycles. The standard InChI is InChI=1S/C26H26N2O2S/c1-3-30-23-14-12-22(13-15-23)27-26-28(17-16-20-8-5-4-6-9-20)25(19-31-26)21-10-7-11-24(18-21)29-2/h4-15,18-19H,3,16-17H2,1-2H3. The third-order valence-corrected chi connectivity index (χ3v) is 5.87. The van der Waals surface area contributed by atoms with Crippen molar-refractivity contribution >= 4 is 17.0 Å². The number of nitrogens with zero attached hydrogens (tertiary/aromatic N) is 2. The molecule has 4 rings (SSSR count). The van der Waals surface area contributed by atoms with E-state index in [1.807, 2.05) is 43.3 Å². The highest BCUT2D eigenvalue weighted by molar-refractivity contribution is 7.07. The van der Waals surface area contributed by atoms with Crippen molar-refractivity contribution < 1.29 is 9.47 Å². The highest BCUT2D eigenvalue weighted by Gasteiger charge is 2.10. The van der Waals surface area contributed by atoms with E-state index in [2.05, 4.69) is 52.4 Å². The number of thiazole rings is 1. The summed E-state index contributed by atoms with van der Waals surface area (Å²) in [6.07, 6.45) is 0.936. The first-order chi connectivity index (χ1) is 15.3. The lowest BCUT2D eigenvalue weighted by atomic mass is 10.1. The topological polar surface area (TPSA) is 35.8 Å². The summed E-state index contributed by atoms with van der Waals surface area (Å²) in [4.78, 5) is 5.91. The molecule has 31 heavy (non-hydrogen) atoms. The molecule has 5 heteroatoms. The summed E-state index contributed by atoms with van der Waals surface area (Å²) in [5, 5.41) is 2.17. The van der Waals surface area contributed by atoms with E-state index >= 15 is 0 Å². The summed E-state index contributed by atoms with van der Waals surface area (Å²) in [6, 6.07) is 26.7. The Morgan fingerprint density at radius 1 is 0.903 bits per heavy atom. The SMILES string of the molecule is CCOc1ccc(N=c2scc(-c3cccc(OC)c3)n2CCc2ccccc2)cc1. The van der Waals surface area contributed by atoms with E-state index in [0.29, 0.717) is 6.61 Å². The third-order valence-electron chi connectivity index (χ3n) is 5.00. The highest BCUT2D eigenvalue weighted by atomic mass is 32.1. The van der Waals surface area contributed by atoms with Crippen LogP contribution in [0.15, 0.2) is 89.2 Å². The molecule has 0 spiro atoms. The minimum atomic E-state index is 0.658. The number of methoxy groups -OCH3 is 1. The predicted molar refractivity (Wildman–Crippen MR) is 127 cm³/mol. The van der Waals surface area contributed by atoms with Crippen LogP contribution in [0.2, 0.25) is 0 Å². The number of aromatic nitrogens is 1. The van der Waals surface area contributed by atoms with Crippen LogP contribution < -0.4 is 14.3 Å². The Balaban J connectivity index is 1.72. The van der Waals surface area contributed by atoms with Gasteiger partial charge in [-0.15, -0.1) is 11.3 Å². The van der Waals surface area contributed by atoms with Crippen LogP contribution in [0.3, 0.4) is 0 Å². The average molecular weight is 431 g/mol. The van der Waals surface area contributed by atoms with E-state index in [9.17, 15) is 0 Å². The van der Waals surface area contributed by atoms with E-state index < -0.39 is 0 Å². The fraction of sp³-hybridized carbons (Fsp3) is 0.192. The summed E-state index contributed by atoms with van der Waals surface area (Å²) in [5.41, 5.74) is 4.49. The molecule has 0 saturated carbocycles. The minimum Gasteiger partial charge on any atom is -0.497 e. The molecule has 1 heterocycles. The molecule has 0 unspecified atom stereocenters. The maximum absolute atomic E-state index is 5.55. The first-order valence-corrected chi connectivity index (χ1v) is 11.3. The molecule has 0 amide bonds. The van der Waals surface area contributed by atoms with Crippen LogP contribution in [-0.2, 0) is 13.0 Å². The average Bonchev–Trinajstić information content (AvgIpc) is 3.22. The number of aryl methyl sites for hydroxylation is 1. The second-order valence-corrected chi connectivity index (χ2v) is 7.90. The Kier molecular flexibility index (Phi) is 6.85. The number of hydrogen-bond acceptors (Lipinski definition) is 4. The third kappa shape index (κ3) is 5.25. The van der Waals surface area contributed by atoms with Gasteiger partial charge in [0.05, 0.1) is 25.1 Å². The normalized spacial score (nSPS) is 11.5. The van der Waals surface area contributed by atoms with Gasteiger partial charge in [-0.2, -0.15) is 0 Å². The smallest absolute Gasteiger partial charge is 0.190 e. The first-order valence-electron chi connectivity index (χ1n) is 10.4. The fourth-order valence-electron chi connectivity index (χ4n) is 3.43. The largest absolute Gasteiger partial charge is 0.497 e. The molecule has 0 bridgehead atoms. The van der Waals surface area contributed by atoms with Crippen LogP contribution in [0.25, 0.3) is 11.3 Å². The molecule has 4 nitrogen and oxygen atoms in total. The second-order valence-electron chi connectivity index (χ2n) is 7.06. The number of rotatable bonds is 8. The molecule has 0 aliphatic heterocycles. The van der Waals surface area contributed by atoms with Gasteiger partial charge >= 0.3 is 0 Å². The molecule has 158 valence electrons. The lowest BCUT2D eigenvalue weighted by Crippen LogP contribution is -2.17. The van der Waals surface area contributed by atoms with Crippen molar-refractivity contribution in [2.45, 2.75) is 19.9 Å². The van der Waals surface area contributed by atoms with Gasteiger partial charge in [-0.05, 0) is 55.3 Å². The lowest BCUT2D eigenvalue weighted by molar-refractivity contribution is 0.340. The highest BCUT2D eigenvalue weighted by Crippen LogP contribution is 2.25. The predicted octanol–water partition coefficient (Wildman–Crippen LogP) is 6.10. The zero-order valence-electron chi connectivity index (χ0n) is 17.8. The van der Waals surface area contributed by atoms with Crippen LogP contribution in [0, 0.1) is 0 Å². The summed E-state index contributed by atoms with van der Waals surface area (Å²) < 4.78 is 13.3. The van der Waals surface area contributed by atoms with Crippen molar-refractivity contribution in [3.63, 3.8) is 0 Å². The van der Waals surface area contributed by atoms with Crippen molar-refractivity contribution in [3.05, 3.63) is 94.6 Å². The molecule has 0 radical (unpaired) electrons. The van der Waals surface area contributed by atoms with Crippen LogP contribution in [0.5, 0.6) is 11.5 Å². The van der Waals surface area contributed by atoms with Crippen LogP contribution >= 0.6 is 11.3 Å². The molecular formula is C26H26N2O2S. The molecule has 3 aromatic carbocycles. The number of ether oxygens (including phenoxy) is 2. The lowest BCUT2D eigenvalue weighted by Gasteiger charge is -2.11. The van der Waals surface area contributed by atoms with Gasteiger partial charge < -0.3 is 14.0 Å². The van der Waals surface area contributed by atoms with Gasteiger partial charge in [0.1, 0.15) is 11.5 Å². The van der Waals surface area contributed by atoms with Crippen LogP contribution in [0.4, 0.5) is 5.69 Å². The van der Waals surface area contributed by atoms with Crippen LogP contribution in [-0.4, -0.2) is 18.3 Å². The van der Waals surface area contributed by atoms with Crippen molar-refractivity contribution in [1.29, 1.82) is 0 Å². The van der Waals surface area contributed by atoms with Gasteiger partial charge in [0, 0.05) is 17.5 Å². The molecule has 0 N–H and O–H groups in total. The molecule has 4 aromatic rings. The Morgan fingerprint density at radius 2 is 1.71 bits per heavy atom. The number of benzene rings is 3. The van der Waals surface area contributed by atoms with E-state index in [1.165, 1.54) is 5.56 Å². The summed E-state index contributed by atoms with van der Waals surface area (Å²) in [5.74, 6) is 1.71. The first kappa shape index (κ1) is 20.9. The van der Waals surface area contributed by atoms with Crippen molar-refractivity contribution in [3.8, 4) is 22.8 Å². The van der Waals surface area contributed by atoms with Gasteiger partial charge in [0.15, 0.2) is 4.80 Å². The molecule has 0 saturated heterocycles. The Bertz CT molecular complexity index is 1180. The van der Waals surface area contributed by atoms with Gasteiger partial charge in [0.25, 0.3) is 0 Å². The molecule has 0 aliphatic rings. The Hall–Kier alpha value is -3.31. The van der Waals surface area contributed by atoms with Gasteiger partial charge in [-0.25, -0.2) is 4.99 Å². The molecular weight excluding hydrogens is 404 g/mol. The molecule has 0 atom stereocenters. The minimum absolute atomic E-state index is 0.658. The van der Waals surface area contributed by atoms with E-state index in [4.69, 9.17) is 14.5 Å². The quantitative estimate of drug-likeness (QED) is 0.339. The fourth-order valence-corrected chi connectivity index (χ4v) is 4.38.